The van der Waals surface area contributed by atoms with E-state index in [1.807, 2.05) is 12.1 Å². The van der Waals surface area contributed by atoms with Crippen LogP contribution in [0.2, 0.25) is 5.15 Å². The zero-order chi connectivity index (χ0) is 15.5. The summed E-state index contributed by atoms with van der Waals surface area (Å²) < 4.78 is 26.9. The lowest BCUT2D eigenvalue weighted by Crippen LogP contribution is -2.13. The highest BCUT2D eigenvalue weighted by Gasteiger charge is 2.14. The third-order valence-electron chi connectivity index (χ3n) is 3.35. The number of hydrogen-bond donors (Lipinski definition) is 1. The zero-order valence-corrected chi connectivity index (χ0v) is 13.4. The van der Waals surface area contributed by atoms with Gasteiger partial charge in [0, 0.05) is 11.9 Å². The van der Waals surface area contributed by atoms with Crippen molar-refractivity contribution in [1.82, 2.24) is 4.98 Å². The van der Waals surface area contributed by atoms with Gasteiger partial charge < -0.3 is 0 Å². The zero-order valence-electron chi connectivity index (χ0n) is 11.9. The van der Waals surface area contributed by atoms with E-state index in [1.54, 1.807) is 12.1 Å². The van der Waals surface area contributed by atoms with Crippen LogP contribution in [0.25, 0.3) is 0 Å². The molecule has 2 rings (SSSR count). The molecule has 1 N–H and O–H groups in total. The summed E-state index contributed by atoms with van der Waals surface area (Å²) >= 11 is 5.66. The molecule has 1 aromatic carbocycles. The van der Waals surface area contributed by atoms with Crippen LogP contribution in [0.1, 0.15) is 31.7 Å². The van der Waals surface area contributed by atoms with E-state index >= 15 is 0 Å². The molecule has 0 aliphatic carbocycles. The molecule has 1 heterocycles. The second-order valence-electron chi connectivity index (χ2n) is 4.85. The van der Waals surface area contributed by atoms with E-state index in [1.165, 1.54) is 23.9 Å². The Morgan fingerprint density at radius 3 is 2.38 bits per heavy atom. The van der Waals surface area contributed by atoms with Gasteiger partial charge in [0.05, 0.1) is 0 Å². The molecule has 0 saturated carbocycles. The Morgan fingerprint density at radius 2 is 1.86 bits per heavy atom. The Kier molecular flexibility index (Phi) is 4.85. The third kappa shape index (κ3) is 3.95. The molecule has 0 aliphatic heterocycles. The average Bonchev–Trinajstić information content (AvgIpc) is 2.47. The third-order valence-corrected chi connectivity index (χ3v) is 4.94. The molecule has 112 valence electrons. The van der Waals surface area contributed by atoms with Crippen molar-refractivity contribution in [1.29, 1.82) is 0 Å². The highest BCUT2D eigenvalue weighted by Crippen LogP contribution is 2.22. The molecule has 0 radical (unpaired) electrons. The minimum Gasteiger partial charge on any atom is -0.280 e. The summed E-state index contributed by atoms with van der Waals surface area (Å²) in [5.41, 5.74) is 1.71. The number of rotatable bonds is 5. The predicted octanol–water partition coefficient (Wildman–Crippen LogP) is 4.05. The van der Waals surface area contributed by atoms with Crippen LogP contribution < -0.4 is 4.72 Å². The van der Waals surface area contributed by atoms with Gasteiger partial charge in [-0.3, -0.25) is 4.72 Å². The largest absolute Gasteiger partial charge is 0.280 e. The van der Waals surface area contributed by atoms with Gasteiger partial charge >= 0.3 is 0 Å². The SMILES string of the molecule is CC[C@H](C)c1ccc(NS(=O)(=O)c2ccc(Cl)nc2)cc1. The Hall–Kier alpha value is -1.59. The molecule has 0 amide bonds. The molecule has 0 aliphatic rings. The first-order valence-corrected chi connectivity index (χ1v) is 8.53. The summed E-state index contributed by atoms with van der Waals surface area (Å²) in [5, 5.41) is 0.256. The number of anilines is 1. The second-order valence-corrected chi connectivity index (χ2v) is 6.92. The van der Waals surface area contributed by atoms with Crippen molar-refractivity contribution in [3.8, 4) is 0 Å². The first kappa shape index (κ1) is 15.8. The second kappa shape index (κ2) is 6.45. The van der Waals surface area contributed by atoms with Crippen LogP contribution in [0.15, 0.2) is 47.5 Å². The van der Waals surface area contributed by atoms with Gasteiger partial charge in [-0.2, -0.15) is 0 Å². The summed E-state index contributed by atoms with van der Waals surface area (Å²) in [6, 6.07) is 10.3. The topological polar surface area (TPSA) is 59.1 Å². The normalized spacial score (nSPS) is 12.9. The molecular weight excluding hydrogens is 308 g/mol. The summed E-state index contributed by atoms with van der Waals surface area (Å²) in [5.74, 6) is 0.455. The van der Waals surface area contributed by atoms with Crippen LogP contribution in [0.4, 0.5) is 5.69 Å². The van der Waals surface area contributed by atoms with Gasteiger partial charge in [-0.1, -0.05) is 37.6 Å². The van der Waals surface area contributed by atoms with Gasteiger partial charge in [-0.25, -0.2) is 13.4 Å². The summed E-state index contributed by atoms with van der Waals surface area (Å²) in [6.07, 6.45) is 2.28. The summed E-state index contributed by atoms with van der Waals surface area (Å²) in [7, 11) is -3.64. The van der Waals surface area contributed by atoms with Crippen molar-refractivity contribution < 1.29 is 8.42 Å². The molecule has 21 heavy (non-hydrogen) atoms. The quantitative estimate of drug-likeness (QED) is 0.844. The molecule has 0 bridgehead atoms. The molecule has 1 aromatic heterocycles. The number of nitrogens with one attached hydrogen (secondary N) is 1. The van der Waals surface area contributed by atoms with Crippen LogP contribution >= 0.6 is 11.6 Å². The Bertz CT molecular complexity index is 697. The van der Waals surface area contributed by atoms with Crippen molar-refractivity contribution in [2.45, 2.75) is 31.1 Å². The molecule has 0 saturated heterocycles. The van der Waals surface area contributed by atoms with Gasteiger partial charge in [0.2, 0.25) is 0 Å². The van der Waals surface area contributed by atoms with Crippen molar-refractivity contribution in [3.63, 3.8) is 0 Å². The maximum absolute atomic E-state index is 12.2. The van der Waals surface area contributed by atoms with E-state index in [4.69, 9.17) is 11.6 Å². The molecule has 6 heteroatoms. The van der Waals surface area contributed by atoms with E-state index in [9.17, 15) is 8.42 Å². The number of hydrogen-bond acceptors (Lipinski definition) is 3. The molecule has 4 nitrogen and oxygen atoms in total. The van der Waals surface area contributed by atoms with Crippen LogP contribution in [0.3, 0.4) is 0 Å². The van der Waals surface area contributed by atoms with Crippen LogP contribution in [0, 0.1) is 0 Å². The van der Waals surface area contributed by atoms with Crippen LogP contribution in [0.5, 0.6) is 0 Å². The molecule has 0 unspecified atom stereocenters. The number of sulfonamides is 1. The highest BCUT2D eigenvalue weighted by atomic mass is 35.5. The first-order valence-electron chi connectivity index (χ1n) is 6.66. The van der Waals surface area contributed by atoms with E-state index in [0.717, 1.165) is 6.42 Å². The fourth-order valence-corrected chi connectivity index (χ4v) is 2.97. The maximum Gasteiger partial charge on any atom is 0.263 e. The summed E-state index contributed by atoms with van der Waals surface area (Å²) in [4.78, 5) is 3.86. The number of pyridine rings is 1. The monoisotopic (exact) mass is 324 g/mol. The van der Waals surface area contributed by atoms with Crippen molar-refractivity contribution in [2.24, 2.45) is 0 Å². The van der Waals surface area contributed by atoms with Crippen LogP contribution in [-0.2, 0) is 10.0 Å². The number of halogens is 1. The Labute approximate surface area is 130 Å². The van der Waals surface area contributed by atoms with E-state index in [-0.39, 0.29) is 10.0 Å². The van der Waals surface area contributed by atoms with Gasteiger partial charge in [-0.15, -0.1) is 0 Å². The minimum atomic E-state index is -3.64. The van der Waals surface area contributed by atoms with Crippen molar-refractivity contribution in [3.05, 3.63) is 53.3 Å². The molecule has 1 atom stereocenters. The Balaban J connectivity index is 2.19. The molecular formula is C15H17ClN2O2S. The Morgan fingerprint density at radius 1 is 1.19 bits per heavy atom. The average molecular weight is 325 g/mol. The number of nitrogens with zero attached hydrogens (tertiary/aromatic N) is 1. The van der Waals surface area contributed by atoms with Crippen molar-refractivity contribution in [2.75, 3.05) is 4.72 Å². The van der Waals surface area contributed by atoms with Crippen molar-refractivity contribution >= 4 is 27.3 Å². The molecule has 0 spiro atoms. The lowest BCUT2D eigenvalue weighted by atomic mass is 9.99. The number of aromatic nitrogens is 1. The lowest BCUT2D eigenvalue weighted by molar-refractivity contribution is 0.601. The van der Waals surface area contributed by atoms with E-state index < -0.39 is 10.0 Å². The van der Waals surface area contributed by atoms with Crippen LogP contribution in [-0.4, -0.2) is 13.4 Å². The van der Waals surface area contributed by atoms with E-state index in [0.29, 0.717) is 11.6 Å². The summed E-state index contributed by atoms with van der Waals surface area (Å²) in [6.45, 7) is 4.26. The lowest BCUT2D eigenvalue weighted by Gasteiger charge is -2.11. The molecule has 0 fully saturated rings. The van der Waals surface area contributed by atoms with Gasteiger partial charge in [0.15, 0.2) is 0 Å². The maximum atomic E-state index is 12.2. The highest BCUT2D eigenvalue weighted by molar-refractivity contribution is 7.92. The standard InChI is InChI=1S/C15H17ClN2O2S/c1-3-11(2)12-4-6-13(7-5-12)18-21(19,20)14-8-9-15(16)17-10-14/h4-11,18H,3H2,1-2H3/t11-/m0/s1. The first-order chi connectivity index (χ1) is 9.92. The minimum absolute atomic E-state index is 0.0814. The number of benzene rings is 1. The van der Waals surface area contributed by atoms with Gasteiger partial charge in [-0.05, 0) is 42.2 Å². The molecule has 2 aromatic rings. The predicted molar refractivity (Wildman–Crippen MR) is 85.2 cm³/mol. The van der Waals surface area contributed by atoms with Gasteiger partial charge in [0.25, 0.3) is 10.0 Å². The smallest absolute Gasteiger partial charge is 0.263 e. The van der Waals surface area contributed by atoms with E-state index in [2.05, 4.69) is 23.6 Å². The fraction of sp³-hybridized carbons (Fsp3) is 0.267. The van der Waals surface area contributed by atoms with Gasteiger partial charge in [0.1, 0.15) is 10.0 Å². The fourth-order valence-electron chi connectivity index (χ4n) is 1.85.